The summed E-state index contributed by atoms with van der Waals surface area (Å²) in [6.45, 7) is 8.68. The van der Waals surface area contributed by atoms with Gasteiger partial charge in [0.05, 0.1) is 6.04 Å². The molecule has 13 nitrogen and oxygen atoms in total. The van der Waals surface area contributed by atoms with Gasteiger partial charge in [-0.15, -0.1) is 0 Å². The van der Waals surface area contributed by atoms with Gasteiger partial charge < -0.3 is 31.9 Å². The second kappa shape index (κ2) is 15.4. The molecule has 6 N–H and O–H groups in total. The number of hydrogen-bond donors (Lipinski definition) is 5. The summed E-state index contributed by atoms with van der Waals surface area (Å²) >= 11 is 0. The van der Waals surface area contributed by atoms with Crippen LogP contribution in [0.2, 0.25) is 0 Å². The van der Waals surface area contributed by atoms with Crippen molar-refractivity contribution in [2.45, 2.75) is 84.0 Å². The quantitative estimate of drug-likeness (QED) is 0.150. The summed E-state index contributed by atoms with van der Waals surface area (Å²) in [4.78, 5) is 92.2. The lowest BCUT2D eigenvalue weighted by Gasteiger charge is -2.33. The molecule has 5 unspecified atom stereocenters. The second-order valence-corrected chi connectivity index (χ2v) is 12.3. The third kappa shape index (κ3) is 8.99. The van der Waals surface area contributed by atoms with Crippen molar-refractivity contribution in [3.8, 4) is 0 Å². The molecule has 2 heterocycles. The van der Waals surface area contributed by atoms with E-state index in [2.05, 4.69) is 21.3 Å². The van der Waals surface area contributed by atoms with E-state index in [1.54, 1.807) is 27.7 Å². The van der Waals surface area contributed by atoms with Crippen LogP contribution in [-0.2, 0) is 33.6 Å². The van der Waals surface area contributed by atoms with Crippen LogP contribution >= 0.6 is 0 Å². The standard InChI is InChI=1S/C32H44N6O7/c1-17(2)25(37-29(42)23(33)15-19(5)39)32(45)38-14-12-22(20-9-7-6-8-10-20)26(38)30(43)36-24(16-21-11-13-34-28(21)41)27(40)31(44)35-18(3)4/h6-10,15,17-18,21-22,24-26H,11-14,16,33H2,1-5H3,(H,34,41)(H,35,44)(H,36,43)(H,37,42)/b23-15-. The van der Waals surface area contributed by atoms with Crippen molar-refractivity contribution in [3.05, 3.63) is 47.7 Å². The molecule has 2 aliphatic heterocycles. The van der Waals surface area contributed by atoms with E-state index in [-0.39, 0.29) is 30.6 Å². The van der Waals surface area contributed by atoms with E-state index in [1.807, 2.05) is 30.3 Å². The number of rotatable bonds is 13. The third-order valence-corrected chi connectivity index (χ3v) is 7.98. The highest BCUT2D eigenvalue weighted by atomic mass is 16.2. The van der Waals surface area contributed by atoms with Gasteiger partial charge in [0.2, 0.25) is 23.5 Å². The minimum absolute atomic E-state index is 0.0783. The molecule has 0 bridgehead atoms. The molecular weight excluding hydrogens is 580 g/mol. The fourth-order valence-electron chi connectivity index (χ4n) is 5.75. The van der Waals surface area contributed by atoms with Crippen molar-refractivity contribution in [2.24, 2.45) is 17.6 Å². The molecule has 45 heavy (non-hydrogen) atoms. The highest BCUT2D eigenvalue weighted by Crippen LogP contribution is 2.35. The van der Waals surface area contributed by atoms with Crippen molar-refractivity contribution in [1.82, 2.24) is 26.2 Å². The van der Waals surface area contributed by atoms with E-state index in [0.717, 1.165) is 11.6 Å². The number of ketones is 2. The summed E-state index contributed by atoms with van der Waals surface area (Å²) in [6, 6.07) is 5.33. The maximum atomic E-state index is 14.2. The Kier molecular flexibility index (Phi) is 12.0. The van der Waals surface area contributed by atoms with Crippen LogP contribution < -0.4 is 27.0 Å². The fourth-order valence-corrected chi connectivity index (χ4v) is 5.75. The summed E-state index contributed by atoms with van der Waals surface area (Å²) < 4.78 is 0. The molecule has 1 aromatic rings. The lowest BCUT2D eigenvalue weighted by molar-refractivity contribution is -0.144. The molecule has 3 rings (SSSR count). The Morgan fingerprint density at radius 2 is 1.64 bits per heavy atom. The topological polar surface area (TPSA) is 197 Å². The summed E-state index contributed by atoms with van der Waals surface area (Å²) in [6.07, 6.45) is 1.75. The molecule has 0 radical (unpaired) electrons. The van der Waals surface area contributed by atoms with Gasteiger partial charge in [0.1, 0.15) is 17.8 Å². The number of carbonyl (C=O) groups is 7. The minimum atomic E-state index is -1.31. The van der Waals surface area contributed by atoms with Crippen LogP contribution in [-0.4, -0.2) is 83.3 Å². The molecule has 0 aliphatic carbocycles. The normalized spacial score (nSPS) is 21.2. The number of Topliss-reactive ketones (excluding diaryl/α,β-unsaturated/α-hetero) is 1. The summed E-state index contributed by atoms with van der Waals surface area (Å²) in [5, 5.41) is 10.6. The van der Waals surface area contributed by atoms with Crippen LogP contribution in [0, 0.1) is 11.8 Å². The molecule has 5 amide bonds. The monoisotopic (exact) mass is 624 g/mol. The highest BCUT2D eigenvalue weighted by Gasteiger charge is 2.46. The third-order valence-electron chi connectivity index (χ3n) is 7.98. The van der Waals surface area contributed by atoms with E-state index in [4.69, 9.17) is 5.73 Å². The number of allylic oxidation sites excluding steroid dienone is 1. The predicted octanol–water partition coefficient (Wildman–Crippen LogP) is 0.0482. The van der Waals surface area contributed by atoms with Gasteiger partial charge >= 0.3 is 0 Å². The van der Waals surface area contributed by atoms with Gasteiger partial charge in [-0.3, -0.25) is 33.6 Å². The molecule has 0 aromatic heterocycles. The number of hydrogen-bond acceptors (Lipinski definition) is 8. The fraction of sp³-hybridized carbons (Fsp3) is 0.531. The minimum Gasteiger partial charge on any atom is -0.394 e. The van der Waals surface area contributed by atoms with E-state index in [0.29, 0.717) is 19.4 Å². The lowest BCUT2D eigenvalue weighted by atomic mass is 9.89. The zero-order chi connectivity index (χ0) is 33.4. The Morgan fingerprint density at radius 1 is 0.978 bits per heavy atom. The van der Waals surface area contributed by atoms with Crippen LogP contribution in [0.25, 0.3) is 0 Å². The number of benzene rings is 1. The highest BCUT2D eigenvalue weighted by molar-refractivity contribution is 6.38. The van der Waals surface area contributed by atoms with Crippen molar-refractivity contribution in [2.75, 3.05) is 13.1 Å². The molecule has 5 atom stereocenters. The first-order valence-electron chi connectivity index (χ1n) is 15.3. The van der Waals surface area contributed by atoms with E-state index in [1.165, 1.54) is 11.8 Å². The van der Waals surface area contributed by atoms with Gasteiger partial charge in [0.25, 0.3) is 11.8 Å². The summed E-state index contributed by atoms with van der Waals surface area (Å²) in [5.41, 5.74) is 6.20. The van der Waals surface area contributed by atoms with Gasteiger partial charge in [-0.05, 0) is 51.5 Å². The Balaban J connectivity index is 1.96. The SMILES string of the molecule is CC(=O)/C=C(\N)C(=O)NC(C(=O)N1CCC(c2ccccc2)C1C(=O)NC(CC1CCNC1=O)C(=O)C(=O)NC(C)C)C(C)C. The van der Waals surface area contributed by atoms with Crippen LogP contribution in [0.4, 0.5) is 0 Å². The van der Waals surface area contributed by atoms with Crippen LogP contribution in [0.5, 0.6) is 0 Å². The molecule has 1 aromatic carbocycles. The first-order valence-corrected chi connectivity index (χ1v) is 15.3. The molecule has 244 valence electrons. The Morgan fingerprint density at radius 3 is 2.20 bits per heavy atom. The van der Waals surface area contributed by atoms with Crippen LogP contribution in [0.3, 0.4) is 0 Å². The number of nitrogens with one attached hydrogen (secondary N) is 4. The number of carbonyl (C=O) groups excluding carboxylic acids is 7. The van der Waals surface area contributed by atoms with Crippen LogP contribution in [0.1, 0.15) is 65.4 Å². The summed E-state index contributed by atoms with van der Waals surface area (Å²) in [5.74, 6) is -5.91. The molecule has 13 heteroatoms. The van der Waals surface area contributed by atoms with E-state index >= 15 is 0 Å². The van der Waals surface area contributed by atoms with Crippen molar-refractivity contribution in [1.29, 1.82) is 0 Å². The van der Waals surface area contributed by atoms with Crippen molar-refractivity contribution < 1.29 is 33.6 Å². The molecule has 0 spiro atoms. The Bertz CT molecular complexity index is 1340. The number of likely N-dealkylation sites (tertiary alicyclic amines) is 1. The largest absolute Gasteiger partial charge is 0.394 e. The zero-order valence-electron chi connectivity index (χ0n) is 26.4. The first kappa shape index (κ1) is 34.9. The van der Waals surface area contributed by atoms with E-state index < -0.39 is 71.1 Å². The van der Waals surface area contributed by atoms with Crippen molar-refractivity contribution >= 4 is 41.1 Å². The second-order valence-electron chi connectivity index (χ2n) is 12.3. The molecule has 2 fully saturated rings. The van der Waals surface area contributed by atoms with Crippen molar-refractivity contribution in [3.63, 3.8) is 0 Å². The smallest absolute Gasteiger partial charge is 0.289 e. The lowest BCUT2D eigenvalue weighted by Crippen LogP contribution is -2.58. The van der Waals surface area contributed by atoms with Gasteiger partial charge in [0, 0.05) is 37.0 Å². The van der Waals surface area contributed by atoms with Crippen LogP contribution in [0.15, 0.2) is 42.1 Å². The number of nitrogens with two attached hydrogens (primary N) is 1. The average Bonchev–Trinajstić information content (AvgIpc) is 3.60. The zero-order valence-corrected chi connectivity index (χ0v) is 26.4. The van der Waals surface area contributed by atoms with Gasteiger partial charge in [0.15, 0.2) is 5.78 Å². The number of amides is 5. The Hall–Kier alpha value is -4.55. The van der Waals surface area contributed by atoms with E-state index in [9.17, 15) is 33.6 Å². The van der Waals surface area contributed by atoms with Gasteiger partial charge in [-0.25, -0.2) is 0 Å². The number of nitrogens with zero attached hydrogens (tertiary/aromatic N) is 1. The molecule has 2 aliphatic rings. The first-order chi connectivity index (χ1) is 21.2. The molecule has 2 saturated heterocycles. The maximum absolute atomic E-state index is 14.2. The average molecular weight is 625 g/mol. The predicted molar refractivity (Wildman–Crippen MR) is 165 cm³/mol. The molecular formula is C32H44N6O7. The van der Waals surface area contributed by atoms with Gasteiger partial charge in [-0.1, -0.05) is 44.2 Å². The summed E-state index contributed by atoms with van der Waals surface area (Å²) in [7, 11) is 0. The maximum Gasteiger partial charge on any atom is 0.289 e. The van der Waals surface area contributed by atoms with Gasteiger partial charge in [-0.2, -0.15) is 0 Å². The molecule has 0 saturated carbocycles. The Labute approximate surface area is 263 Å².